The van der Waals surface area contributed by atoms with Gasteiger partial charge in [0.25, 0.3) is 5.91 Å². The molecule has 26 heavy (non-hydrogen) atoms. The van der Waals surface area contributed by atoms with Crippen LogP contribution >= 0.6 is 11.6 Å². The first-order valence-electron chi connectivity index (χ1n) is 9.39. The summed E-state index contributed by atoms with van der Waals surface area (Å²) in [6.07, 6.45) is 2.60. The lowest BCUT2D eigenvalue weighted by molar-refractivity contribution is -0.892. The predicted octanol–water partition coefficient (Wildman–Crippen LogP) is 0.220. The Balaban J connectivity index is 1.56. The zero-order valence-corrected chi connectivity index (χ0v) is 16.1. The molecule has 2 amide bonds. The van der Waals surface area contributed by atoms with Gasteiger partial charge in [-0.3, -0.25) is 9.59 Å². The molecule has 2 heterocycles. The van der Waals surface area contributed by atoms with Crippen molar-refractivity contribution >= 4 is 29.1 Å². The molecule has 2 fully saturated rings. The number of benzene rings is 1. The summed E-state index contributed by atoms with van der Waals surface area (Å²) >= 11 is 6.14. The summed E-state index contributed by atoms with van der Waals surface area (Å²) in [5, 5.41) is 0.748. The predicted molar refractivity (Wildman–Crippen MR) is 103 cm³/mol. The van der Waals surface area contributed by atoms with Crippen molar-refractivity contribution in [3.63, 3.8) is 0 Å². The minimum absolute atomic E-state index is 0.0517. The number of amides is 2. The number of quaternary nitrogens is 1. The van der Waals surface area contributed by atoms with E-state index in [0.717, 1.165) is 44.0 Å². The molecule has 0 radical (unpaired) electrons. The summed E-state index contributed by atoms with van der Waals surface area (Å²) in [7, 11) is 0. The van der Waals surface area contributed by atoms with E-state index in [1.807, 2.05) is 18.2 Å². The first-order chi connectivity index (χ1) is 12.5. The molecule has 1 atom stereocenters. The largest absolute Gasteiger partial charge is 0.368 e. The Morgan fingerprint density at radius 2 is 1.96 bits per heavy atom. The number of aryl methyl sites for hydroxylation is 1. The van der Waals surface area contributed by atoms with Crippen LogP contribution < -0.4 is 15.5 Å². The van der Waals surface area contributed by atoms with E-state index in [-0.39, 0.29) is 11.8 Å². The van der Waals surface area contributed by atoms with Crippen LogP contribution in [0.4, 0.5) is 5.69 Å². The van der Waals surface area contributed by atoms with Gasteiger partial charge in [0, 0.05) is 17.3 Å². The maximum atomic E-state index is 12.7. The highest BCUT2D eigenvalue weighted by Gasteiger charge is 2.33. The van der Waals surface area contributed by atoms with Crippen molar-refractivity contribution in [1.82, 2.24) is 4.90 Å². The summed E-state index contributed by atoms with van der Waals surface area (Å²) in [5.74, 6) is -0.329. The number of carbonyl (C=O) groups is 2. The van der Waals surface area contributed by atoms with Gasteiger partial charge in [-0.25, -0.2) is 0 Å². The number of primary amides is 1. The highest BCUT2D eigenvalue weighted by atomic mass is 35.5. The molecule has 0 spiro atoms. The number of carbonyl (C=O) groups excluding carboxylic acids is 2. The van der Waals surface area contributed by atoms with Crippen molar-refractivity contribution in [2.24, 2.45) is 5.73 Å². The molecule has 7 heteroatoms. The summed E-state index contributed by atoms with van der Waals surface area (Å²) in [4.78, 5) is 29.6. The van der Waals surface area contributed by atoms with Gasteiger partial charge in [-0.1, -0.05) is 17.7 Å². The topological polar surface area (TPSA) is 71.1 Å². The van der Waals surface area contributed by atoms with E-state index in [2.05, 4.69) is 11.8 Å². The molecule has 0 bridgehead atoms. The van der Waals surface area contributed by atoms with Gasteiger partial charge in [0.1, 0.15) is 6.04 Å². The van der Waals surface area contributed by atoms with E-state index in [0.29, 0.717) is 19.5 Å². The van der Waals surface area contributed by atoms with Crippen molar-refractivity contribution in [2.45, 2.75) is 32.2 Å². The Morgan fingerprint density at radius 3 is 2.65 bits per heavy atom. The van der Waals surface area contributed by atoms with Crippen LogP contribution in [-0.2, 0) is 9.59 Å². The minimum Gasteiger partial charge on any atom is -0.368 e. The maximum absolute atomic E-state index is 12.7. The normalized spacial score (nSPS) is 21.7. The van der Waals surface area contributed by atoms with Gasteiger partial charge in [0.15, 0.2) is 6.54 Å². The number of nitrogens with two attached hydrogens (primary N) is 1. The summed E-state index contributed by atoms with van der Waals surface area (Å²) in [5.41, 5.74) is 7.87. The Morgan fingerprint density at radius 1 is 1.23 bits per heavy atom. The van der Waals surface area contributed by atoms with Crippen LogP contribution in [0.2, 0.25) is 5.02 Å². The molecule has 3 rings (SSSR count). The standard InChI is InChI=1S/C19H27ClN4O2/c1-14-5-6-15(20)12-17(14)23-10-8-22(9-11-23)13-18(25)24-7-3-2-4-16(24)19(21)26/h5-6,12,16H,2-4,7-11,13H2,1H3,(H2,21,26)/p+1/t16-/m0/s1. The molecule has 2 aliphatic heterocycles. The quantitative estimate of drug-likeness (QED) is 0.786. The van der Waals surface area contributed by atoms with Gasteiger partial charge in [-0.2, -0.15) is 0 Å². The molecule has 3 N–H and O–H groups in total. The summed E-state index contributed by atoms with van der Waals surface area (Å²) < 4.78 is 0. The monoisotopic (exact) mass is 379 g/mol. The van der Waals surface area contributed by atoms with Crippen molar-refractivity contribution in [3.05, 3.63) is 28.8 Å². The van der Waals surface area contributed by atoms with Crippen molar-refractivity contribution in [3.8, 4) is 0 Å². The number of likely N-dealkylation sites (tertiary alicyclic amines) is 1. The van der Waals surface area contributed by atoms with Gasteiger partial charge in [-0.05, 0) is 43.9 Å². The van der Waals surface area contributed by atoms with Gasteiger partial charge in [-0.15, -0.1) is 0 Å². The highest BCUT2D eigenvalue weighted by molar-refractivity contribution is 6.30. The van der Waals surface area contributed by atoms with E-state index in [4.69, 9.17) is 17.3 Å². The van der Waals surface area contributed by atoms with Crippen molar-refractivity contribution in [1.29, 1.82) is 0 Å². The van der Waals surface area contributed by atoms with Crippen molar-refractivity contribution in [2.75, 3.05) is 44.2 Å². The number of piperazine rings is 1. The van der Waals surface area contributed by atoms with E-state index in [9.17, 15) is 9.59 Å². The first-order valence-corrected chi connectivity index (χ1v) is 9.77. The van der Waals surface area contributed by atoms with Crippen LogP contribution in [0, 0.1) is 6.92 Å². The second-order valence-corrected chi connectivity index (χ2v) is 7.78. The van der Waals surface area contributed by atoms with E-state index < -0.39 is 6.04 Å². The number of hydrogen-bond acceptors (Lipinski definition) is 3. The Hall–Kier alpha value is -1.79. The molecule has 2 aliphatic rings. The van der Waals surface area contributed by atoms with Crippen LogP contribution in [0.25, 0.3) is 0 Å². The lowest BCUT2D eigenvalue weighted by Gasteiger charge is -2.37. The summed E-state index contributed by atoms with van der Waals surface area (Å²) in [6, 6.07) is 5.54. The zero-order chi connectivity index (χ0) is 18.7. The molecular weight excluding hydrogens is 352 g/mol. The molecule has 0 aromatic heterocycles. The average Bonchev–Trinajstić information content (AvgIpc) is 2.64. The van der Waals surface area contributed by atoms with Crippen LogP contribution in [0.15, 0.2) is 18.2 Å². The number of halogens is 1. The van der Waals surface area contributed by atoms with E-state index >= 15 is 0 Å². The highest BCUT2D eigenvalue weighted by Crippen LogP contribution is 2.24. The first kappa shape index (κ1) is 19.0. The third-order valence-electron chi connectivity index (χ3n) is 5.54. The van der Waals surface area contributed by atoms with E-state index in [1.165, 1.54) is 16.2 Å². The molecule has 1 aromatic carbocycles. The number of hydrogen-bond donors (Lipinski definition) is 2. The number of nitrogens with zero attached hydrogens (tertiary/aromatic N) is 2. The molecule has 6 nitrogen and oxygen atoms in total. The number of rotatable bonds is 4. The molecule has 0 saturated carbocycles. The number of anilines is 1. The molecule has 1 aromatic rings. The van der Waals surface area contributed by atoms with Crippen LogP contribution in [-0.4, -0.2) is 62.0 Å². The van der Waals surface area contributed by atoms with Gasteiger partial charge >= 0.3 is 0 Å². The fraction of sp³-hybridized carbons (Fsp3) is 0.579. The molecular formula is C19H28ClN4O2+. The van der Waals surface area contributed by atoms with E-state index in [1.54, 1.807) is 4.90 Å². The Kier molecular flexibility index (Phi) is 6.04. The molecule has 0 unspecified atom stereocenters. The van der Waals surface area contributed by atoms with Crippen LogP contribution in [0.3, 0.4) is 0 Å². The number of piperidine rings is 1. The van der Waals surface area contributed by atoms with Crippen LogP contribution in [0.1, 0.15) is 24.8 Å². The van der Waals surface area contributed by atoms with Gasteiger partial charge in [0.2, 0.25) is 5.91 Å². The third kappa shape index (κ3) is 4.30. The maximum Gasteiger partial charge on any atom is 0.278 e. The fourth-order valence-electron chi connectivity index (χ4n) is 4.01. The second-order valence-electron chi connectivity index (χ2n) is 7.35. The zero-order valence-electron chi connectivity index (χ0n) is 15.3. The molecule has 2 saturated heterocycles. The Labute approximate surface area is 159 Å². The second kappa shape index (κ2) is 8.27. The van der Waals surface area contributed by atoms with Crippen LogP contribution in [0.5, 0.6) is 0 Å². The number of nitrogens with one attached hydrogen (secondary N) is 1. The summed E-state index contributed by atoms with van der Waals surface area (Å²) in [6.45, 7) is 6.75. The SMILES string of the molecule is Cc1ccc(Cl)cc1N1CC[NH+](CC(=O)N2CCCC[C@H]2C(N)=O)CC1. The minimum atomic E-state index is -0.425. The average molecular weight is 380 g/mol. The van der Waals surface area contributed by atoms with Gasteiger partial charge < -0.3 is 20.4 Å². The third-order valence-corrected chi connectivity index (χ3v) is 5.77. The lowest BCUT2D eigenvalue weighted by atomic mass is 10.0. The Bertz CT molecular complexity index is 674. The van der Waals surface area contributed by atoms with Crippen molar-refractivity contribution < 1.29 is 14.5 Å². The molecule has 0 aliphatic carbocycles. The molecule has 142 valence electrons. The lowest BCUT2D eigenvalue weighted by Crippen LogP contribution is -3.16. The van der Waals surface area contributed by atoms with Gasteiger partial charge in [0.05, 0.1) is 26.2 Å². The fourth-order valence-corrected chi connectivity index (χ4v) is 4.17. The smallest absolute Gasteiger partial charge is 0.278 e.